The Labute approximate surface area is 226 Å². The van der Waals surface area contributed by atoms with Crippen LogP contribution in [0.5, 0.6) is 5.75 Å². The van der Waals surface area contributed by atoms with Crippen molar-refractivity contribution in [2.24, 2.45) is 0 Å². The van der Waals surface area contributed by atoms with Gasteiger partial charge in [0.15, 0.2) is 0 Å². The van der Waals surface area contributed by atoms with E-state index in [4.69, 9.17) is 9.84 Å². The van der Waals surface area contributed by atoms with Crippen molar-refractivity contribution in [2.75, 3.05) is 7.11 Å². The number of nitrogens with zero attached hydrogens (tertiary/aromatic N) is 4. The Hall–Kier alpha value is -5.22. The zero-order chi connectivity index (χ0) is 27.5. The number of aryl methyl sites for hydroxylation is 1. The van der Waals surface area contributed by atoms with E-state index >= 15 is 0 Å². The van der Waals surface area contributed by atoms with Gasteiger partial charge in [-0.15, -0.1) is 0 Å². The Balaban J connectivity index is 1.66. The Morgan fingerprint density at radius 3 is 2.28 bits per heavy atom. The summed E-state index contributed by atoms with van der Waals surface area (Å²) in [6, 6.07) is 26.7. The van der Waals surface area contributed by atoms with Gasteiger partial charge in [0.1, 0.15) is 17.4 Å². The predicted octanol–water partition coefficient (Wildman–Crippen LogP) is 5.65. The molecule has 0 atom stereocenters. The number of rotatable bonds is 6. The molecule has 1 aliphatic heterocycles. The maximum Gasteiger partial charge on any atom is 0.271 e. The van der Waals surface area contributed by atoms with E-state index in [1.807, 2.05) is 98.1 Å². The molecule has 7 heteroatoms. The summed E-state index contributed by atoms with van der Waals surface area (Å²) in [5.74, 6) is -0.284. The molecule has 192 valence electrons. The zero-order valence-electron chi connectivity index (χ0n) is 21.9. The van der Waals surface area contributed by atoms with Gasteiger partial charge in [-0.25, -0.2) is 4.68 Å². The molecule has 2 amide bonds. The smallest absolute Gasteiger partial charge is 0.271 e. The van der Waals surface area contributed by atoms with E-state index < -0.39 is 11.8 Å². The third-order valence-electron chi connectivity index (χ3n) is 6.74. The van der Waals surface area contributed by atoms with Crippen LogP contribution < -0.4 is 4.74 Å². The number of hydrogen-bond acceptors (Lipinski definition) is 5. The van der Waals surface area contributed by atoms with Crippen LogP contribution in [-0.4, -0.2) is 33.6 Å². The molecule has 4 aromatic rings. The highest BCUT2D eigenvalue weighted by Gasteiger charge is 2.35. The molecule has 0 saturated heterocycles. The number of para-hydroxylation sites is 1. The summed E-state index contributed by atoms with van der Waals surface area (Å²) < 4.78 is 7.18. The SMILES string of the molecule is COc1ccc(-c2nn(-c3ccccc3)cc2/C=C2/C(=O)N(Cc3ccccc3)C(=O)C(C#N)=C2C)cc1C. The summed E-state index contributed by atoms with van der Waals surface area (Å²) >= 11 is 0. The van der Waals surface area contributed by atoms with E-state index in [0.717, 1.165) is 33.0 Å². The Bertz CT molecular complexity index is 1680. The fourth-order valence-electron chi connectivity index (χ4n) is 4.65. The summed E-state index contributed by atoms with van der Waals surface area (Å²) in [5, 5.41) is 14.7. The number of hydrogen-bond donors (Lipinski definition) is 0. The van der Waals surface area contributed by atoms with Gasteiger partial charge in [0, 0.05) is 22.9 Å². The highest BCUT2D eigenvalue weighted by atomic mass is 16.5. The predicted molar refractivity (Wildman–Crippen MR) is 149 cm³/mol. The van der Waals surface area contributed by atoms with Crippen LogP contribution in [0.15, 0.2) is 102 Å². The van der Waals surface area contributed by atoms with Crippen LogP contribution in [0.4, 0.5) is 0 Å². The van der Waals surface area contributed by atoms with Crippen molar-refractivity contribution in [3.05, 3.63) is 118 Å². The summed E-state index contributed by atoms with van der Waals surface area (Å²) in [6.07, 6.45) is 3.57. The number of ether oxygens (including phenoxy) is 1. The average molecular weight is 515 g/mol. The molecular weight excluding hydrogens is 488 g/mol. The summed E-state index contributed by atoms with van der Waals surface area (Å²) in [4.78, 5) is 28.0. The molecule has 0 saturated carbocycles. The van der Waals surface area contributed by atoms with Crippen molar-refractivity contribution in [1.29, 1.82) is 5.26 Å². The maximum absolute atomic E-state index is 13.7. The number of carbonyl (C=O) groups excluding carboxylic acids is 2. The van der Waals surface area contributed by atoms with E-state index in [2.05, 4.69) is 0 Å². The number of aromatic nitrogens is 2. The maximum atomic E-state index is 13.7. The van der Waals surface area contributed by atoms with Crippen LogP contribution >= 0.6 is 0 Å². The third kappa shape index (κ3) is 4.88. The van der Waals surface area contributed by atoms with E-state index in [-0.39, 0.29) is 17.7 Å². The monoisotopic (exact) mass is 514 g/mol. The highest BCUT2D eigenvalue weighted by Crippen LogP contribution is 2.33. The molecule has 0 fully saturated rings. The normalized spacial score (nSPS) is 14.6. The summed E-state index contributed by atoms with van der Waals surface area (Å²) in [7, 11) is 1.63. The van der Waals surface area contributed by atoms with Crippen molar-refractivity contribution in [1.82, 2.24) is 14.7 Å². The lowest BCUT2D eigenvalue weighted by atomic mass is 9.93. The Morgan fingerprint density at radius 1 is 0.949 bits per heavy atom. The molecule has 3 aromatic carbocycles. The molecule has 1 aromatic heterocycles. The molecule has 5 rings (SSSR count). The Morgan fingerprint density at radius 2 is 1.64 bits per heavy atom. The Kier molecular flexibility index (Phi) is 6.94. The first-order chi connectivity index (χ1) is 18.9. The van der Waals surface area contributed by atoms with Crippen molar-refractivity contribution in [3.63, 3.8) is 0 Å². The van der Waals surface area contributed by atoms with Gasteiger partial charge in [0.05, 0.1) is 25.0 Å². The average Bonchev–Trinajstić information content (AvgIpc) is 3.39. The highest BCUT2D eigenvalue weighted by molar-refractivity contribution is 6.19. The standard InChI is InChI=1S/C32H26N4O3/c1-21-16-24(14-15-29(21)39-3)30-25(20-36(34-30)26-12-8-5-9-13-26)17-27-22(2)28(18-33)32(38)35(31(27)37)19-23-10-6-4-7-11-23/h4-17,20H,19H2,1-3H3/b27-17+. The second-order valence-electron chi connectivity index (χ2n) is 9.25. The van der Waals surface area contributed by atoms with Gasteiger partial charge in [-0.1, -0.05) is 48.5 Å². The number of carbonyl (C=O) groups is 2. The molecular formula is C32H26N4O3. The molecule has 2 heterocycles. The second-order valence-corrected chi connectivity index (χ2v) is 9.25. The molecule has 0 bridgehead atoms. The lowest BCUT2D eigenvalue weighted by Crippen LogP contribution is -2.42. The zero-order valence-corrected chi connectivity index (χ0v) is 21.9. The molecule has 0 unspecified atom stereocenters. The minimum Gasteiger partial charge on any atom is -0.496 e. The largest absolute Gasteiger partial charge is 0.496 e. The number of benzene rings is 3. The van der Waals surface area contributed by atoms with Crippen LogP contribution in [0.25, 0.3) is 23.0 Å². The molecule has 0 aliphatic carbocycles. The van der Waals surface area contributed by atoms with Gasteiger partial charge >= 0.3 is 0 Å². The van der Waals surface area contributed by atoms with Crippen molar-refractivity contribution >= 4 is 17.9 Å². The number of amides is 2. The topological polar surface area (TPSA) is 88.2 Å². The first-order valence-corrected chi connectivity index (χ1v) is 12.4. The lowest BCUT2D eigenvalue weighted by molar-refractivity contribution is -0.141. The van der Waals surface area contributed by atoms with Crippen LogP contribution in [0, 0.1) is 18.3 Å². The fraction of sp³-hybridized carbons (Fsp3) is 0.125. The molecule has 0 spiro atoms. The van der Waals surface area contributed by atoms with Crippen LogP contribution in [0.2, 0.25) is 0 Å². The minimum absolute atomic E-state index is 0.0472. The van der Waals surface area contributed by atoms with Gasteiger partial charge in [-0.2, -0.15) is 10.4 Å². The minimum atomic E-state index is -0.591. The van der Waals surface area contributed by atoms with Gasteiger partial charge < -0.3 is 4.74 Å². The fourth-order valence-corrected chi connectivity index (χ4v) is 4.65. The number of nitriles is 1. The van der Waals surface area contributed by atoms with E-state index in [9.17, 15) is 14.9 Å². The number of imide groups is 1. The summed E-state index contributed by atoms with van der Waals surface area (Å²) in [5.41, 5.74) is 5.35. The second kappa shape index (κ2) is 10.6. The van der Waals surface area contributed by atoms with Gasteiger partial charge in [0.2, 0.25) is 0 Å². The summed E-state index contributed by atoms with van der Waals surface area (Å²) in [6.45, 7) is 3.67. The van der Waals surface area contributed by atoms with Gasteiger partial charge in [-0.3, -0.25) is 14.5 Å². The quantitative estimate of drug-likeness (QED) is 0.245. The first kappa shape index (κ1) is 25.4. The van der Waals surface area contributed by atoms with Crippen LogP contribution in [-0.2, 0) is 16.1 Å². The van der Waals surface area contributed by atoms with E-state index in [1.54, 1.807) is 24.8 Å². The molecule has 0 radical (unpaired) electrons. The van der Waals surface area contributed by atoms with Crippen molar-refractivity contribution < 1.29 is 14.3 Å². The molecule has 7 nitrogen and oxygen atoms in total. The lowest BCUT2D eigenvalue weighted by Gasteiger charge is -2.27. The number of methoxy groups -OCH3 is 1. The first-order valence-electron chi connectivity index (χ1n) is 12.4. The van der Waals surface area contributed by atoms with Crippen molar-refractivity contribution in [2.45, 2.75) is 20.4 Å². The molecule has 39 heavy (non-hydrogen) atoms. The van der Waals surface area contributed by atoms with Crippen LogP contribution in [0.1, 0.15) is 23.6 Å². The van der Waals surface area contributed by atoms with E-state index in [1.165, 1.54) is 0 Å². The molecule has 1 aliphatic rings. The van der Waals surface area contributed by atoms with Gasteiger partial charge in [0.25, 0.3) is 11.8 Å². The van der Waals surface area contributed by atoms with Crippen LogP contribution in [0.3, 0.4) is 0 Å². The molecule has 0 N–H and O–H groups in total. The third-order valence-corrected chi connectivity index (χ3v) is 6.74. The van der Waals surface area contributed by atoms with E-state index in [0.29, 0.717) is 16.8 Å². The van der Waals surface area contributed by atoms with Gasteiger partial charge in [-0.05, 0) is 67.0 Å². The van der Waals surface area contributed by atoms with Crippen molar-refractivity contribution in [3.8, 4) is 28.8 Å².